The van der Waals surface area contributed by atoms with Crippen LogP contribution in [0.25, 0.3) is 0 Å². The van der Waals surface area contributed by atoms with Crippen molar-refractivity contribution in [3.8, 4) is 5.75 Å². The summed E-state index contributed by atoms with van der Waals surface area (Å²) in [6.45, 7) is 9.70. The minimum Gasteiger partial charge on any atom is -0.496 e. The zero-order valence-electron chi connectivity index (χ0n) is 13.9. The van der Waals surface area contributed by atoms with E-state index in [2.05, 4.69) is 24.8 Å². The lowest BCUT2D eigenvalue weighted by atomic mass is 9.78. The standard InChI is InChI=1S/C18H29NO2/c1-5-18(3)8-10-19(11-9-18)13-16-12-15(14(2)20)6-7-17(16)21-4/h6-7,12,14,20H,5,8-11,13H2,1-4H3. The largest absolute Gasteiger partial charge is 0.496 e. The Hall–Kier alpha value is -1.06. The van der Waals surface area contributed by atoms with Gasteiger partial charge >= 0.3 is 0 Å². The molecule has 1 aromatic rings. The molecule has 0 aliphatic carbocycles. The monoisotopic (exact) mass is 291 g/mol. The highest BCUT2D eigenvalue weighted by Gasteiger charge is 2.28. The van der Waals surface area contributed by atoms with Gasteiger partial charge < -0.3 is 9.84 Å². The van der Waals surface area contributed by atoms with Gasteiger partial charge in [0.15, 0.2) is 0 Å². The smallest absolute Gasteiger partial charge is 0.123 e. The summed E-state index contributed by atoms with van der Waals surface area (Å²) in [5.74, 6) is 0.920. The molecule has 3 nitrogen and oxygen atoms in total. The Bertz CT molecular complexity index is 462. The van der Waals surface area contributed by atoms with E-state index < -0.39 is 6.10 Å². The topological polar surface area (TPSA) is 32.7 Å². The summed E-state index contributed by atoms with van der Waals surface area (Å²) >= 11 is 0. The molecule has 0 aromatic heterocycles. The number of piperidine rings is 1. The van der Waals surface area contributed by atoms with Gasteiger partial charge in [0, 0.05) is 12.1 Å². The average Bonchev–Trinajstić information content (AvgIpc) is 2.49. The third kappa shape index (κ3) is 3.98. The van der Waals surface area contributed by atoms with Crippen molar-refractivity contribution in [2.45, 2.75) is 52.7 Å². The fourth-order valence-corrected chi connectivity index (χ4v) is 3.03. The Labute approximate surface area is 128 Å². The second-order valence-electron chi connectivity index (χ2n) is 6.69. The summed E-state index contributed by atoms with van der Waals surface area (Å²) in [5.41, 5.74) is 2.65. The summed E-state index contributed by atoms with van der Waals surface area (Å²) in [6, 6.07) is 5.99. The molecule has 1 aromatic carbocycles. The highest BCUT2D eigenvalue weighted by Crippen LogP contribution is 2.35. The van der Waals surface area contributed by atoms with Crippen LogP contribution in [0.2, 0.25) is 0 Å². The fourth-order valence-electron chi connectivity index (χ4n) is 3.03. The Balaban J connectivity index is 2.07. The Morgan fingerprint density at radius 1 is 1.33 bits per heavy atom. The number of nitrogens with zero attached hydrogens (tertiary/aromatic N) is 1. The number of methoxy groups -OCH3 is 1. The third-order valence-electron chi connectivity index (χ3n) is 5.10. The van der Waals surface area contributed by atoms with Crippen LogP contribution in [0, 0.1) is 5.41 Å². The first kappa shape index (κ1) is 16.3. The van der Waals surface area contributed by atoms with Crippen LogP contribution in [0.4, 0.5) is 0 Å². The second kappa shape index (κ2) is 6.80. The summed E-state index contributed by atoms with van der Waals surface area (Å²) in [4.78, 5) is 2.50. The predicted molar refractivity (Wildman–Crippen MR) is 86.5 cm³/mol. The van der Waals surface area contributed by atoms with Crippen molar-refractivity contribution in [3.05, 3.63) is 29.3 Å². The normalized spacial score (nSPS) is 20.2. The van der Waals surface area contributed by atoms with Gasteiger partial charge in [0.1, 0.15) is 5.75 Å². The van der Waals surface area contributed by atoms with Crippen LogP contribution < -0.4 is 4.74 Å². The van der Waals surface area contributed by atoms with Gasteiger partial charge in [-0.2, -0.15) is 0 Å². The average molecular weight is 291 g/mol. The maximum absolute atomic E-state index is 9.76. The predicted octanol–water partition coefficient (Wildman–Crippen LogP) is 3.76. The summed E-state index contributed by atoms with van der Waals surface area (Å²) in [6.07, 6.45) is 3.37. The van der Waals surface area contributed by atoms with E-state index in [1.165, 1.54) is 24.8 Å². The first-order valence-electron chi connectivity index (χ1n) is 8.04. The highest BCUT2D eigenvalue weighted by atomic mass is 16.5. The molecule has 0 saturated carbocycles. The number of aliphatic hydroxyl groups is 1. The van der Waals surface area contributed by atoms with Crippen LogP contribution in [-0.4, -0.2) is 30.2 Å². The van der Waals surface area contributed by atoms with Crippen molar-refractivity contribution in [2.24, 2.45) is 5.41 Å². The van der Waals surface area contributed by atoms with E-state index in [0.29, 0.717) is 5.41 Å². The van der Waals surface area contributed by atoms with Gasteiger partial charge in [-0.1, -0.05) is 26.3 Å². The van der Waals surface area contributed by atoms with E-state index in [-0.39, 0.29) is 0 Å². The van der Waals surface area contributed by atoms with Gasteiger partial charge in [-0.25, -0.2) is 0 Å². The van der Waals surface area contributed by atoms with Gasteiger partial charge in [0.25, 0.3) is 0 Å². The first-order valence-corrected chi connectivity index (χ1v) is 8.04. The molecule has 3 heteroatoms. The molecular formula is C18H29NO2. The number of ether oxygens (including phenoxy) is 1. The molecule has 1 fully saturated rings. The van der Waals surface area contributed by atoms with Crippen LogP contribution in [0.3, 0.4) is 0 Å². The molecule has 0 bridgehead atoms. The molecule has 118 valence electrons. The lowest BCUT2D eigenvalue weighted by Crippen LogP contribution is -2.38. The highest BCUT2D eigenvalue weighted by molar-refractivity contribution is 5.38. The van der Waals surface area contributed by atoms with E-state index in [9.17, 15) is 5.11 Å². The van der Waals surface area contributed by atoms with E-state index in [0.717, 1.165) is 30.9 Å². The molecule has 0 amide bonds. The van der Waals surface area contributed by atoms with Gasteiger partial charge in [0.2, 0.25) is 0 Å². The zero-order valence-corrected chi connectivity index (χ0v) is 13.9. The molecule has 1 atom stereocenters. The lowest BCUT2D eigenvalue weighted by Gasteiger charge is -2.39. The van der Waals surface area contributed by atoms with E-state index in [1.54, 1.807) is 14.0 Å². The number of hydrogen-bond acceptors (Lipinski definition) is 3. The molecule has 1 aliphatic rings. The van der Waals surface area contributed by atoms with Gasteiger partial charge in [-0.15, -0.1) is 0 Å². The van der Waals surface area contributed by atoms with E-state index >= 15 is 0 Å². The van der Waals surface area contributed by atoms with Crippen molar-refractivity contribution >= 4 is 0 Å². The van der Waals surface area contributed by atoms with Gasteiger partial charge in [-0.05, 0) is 56.0 Å². The van der Waals surface area contributed by atoms with E-state index in [4.69, 9.17) is 4.74 Å². The molecule has 2 rings (SSSR count). The summed E-state index contributed by atoms with van der Waals surface area (Å²) < 4.78 is 5.48. The van der Waals surface area contributed by atoms with Crippen LogP contribution in [-0.2, 0) is 6.54 Å². The zero-order chi connectivity index (χ0) is 15.5. The van der Waals surface area contributed by atoms with E-state index in [1.807, 2.05) is 12.1 Å². The molecule has 1 aliphatic heterocycles. The van der Waals surface area contributed by atoms with Crippen LogP contribution in [0.1, 0.15) is 57.3 Å². The third-order valence-corrected chi connectivity index (χ3v) is 5.10. The Morgan fingerprint density at radius 3 is 2.52 bits per heavy atom. The maximum Gasteiger partial charge on any atom is 0.123 e. The lowest BCUT2D eigenvalue weighted by molar-refractivity contribution is 0.109. The first-order chi connectivity index (χ1) is 9.97. The molecule has 1 saturated heterocycles. The Morgan fingerprint density at radius 2 is 2.00 bits per heavy atom. The summed E-state index contributed by atoms with van der Waals surface area (Å²) in [7, 11) is 1.71. The molecule has 21 heavy (non-hydrogen) atoms. The van der Waals surface area contributed by atoms with Gasteiger partial charge in [-0.3, -0.25) is 4.90 Å². The van der Waals surface area contributed by atoms with Crippen LogP contribution >= 0.6 is 0 Å². The number of hydrogen-bond donors (Lipinski definition) is 1. The van der Waals surface area contributed by atoms with Crippen LogP contribution in [0.5, 0.6) is 5.75 Å². The molecular weight excluding hydrogens is 262 g/mol. The maximum atomic E-state index is 9.76. The van der Waals surface area contributed by atoms with Crippen molar-refractivity contribution < 1.29 is 9.84 Å². The molecule has 0 radical (unpaired) electrons. The number of benzene rings is 1. The summed E-state index contributed by atoms with van der Waals surface area (Å²) in [5, 5.41) is 9.76. The second-order valence-corrected chi connectivity index (χ2v) is 6.69. The molecule has 1 N–H and O–H groups in total. The number of likely N-dealkylation sites (tertiary alicyclic amines) is 1. The minimum absolute atomic E-state index is 0.431. The van der Waals surface area contributed by atoms with Crippen molar-refractivity contribution in [3.63, 3.8) is 0 Å². The number of rotatable bonds is 5. The molecule has 1 heterocycles. The SMILES string of the molecule is CCC1(C)CCN(Cc2cc(C(C)O)ccc2OC)CC1. The van der Waals surface area contributed by atoms with Crippen molar-refractivity contribution in [1.29, 1.82) is 0 Å². The molecule has 0 spiro atoms. The van der Waals surface area contributed by atoms with Crippen molar-refractivity contribution in [2.75, 3.05) is 20.2 Å². The molecule has 1 unspecified atom stereocenters. The van der Waals surface area contributed by atoms with Crippen LogP contribution in [0.15, 0.2) is 18.2 Å². The van der Waals surface area contributed by atoms with Gasteiger partial charge in [0.05, 0.1) is 13.2 Å². The Kier molecular flexibility index (Phi) is 5.28. The minimum atomic E-state index is -0.431. The van der Waals surface area contributed by atoms with Crippen molar-refractivity contribution in [1.82, 2.24) is 4.90 Å². The fraction of sp³-hybridized carbons (Fsp3) is 0.667. The number of aliphatic hydroxyl groups excluding tert-OH is 1. The quantitative estimate of drug-likeness (QED) is 0.896.